The first-order chi connectivity index (χ1) is 5.74. The summed E-state index contributed by atoms with van der Waals surface area (Å²) in [5.74, 6) is 0. The predicted octanol–water partition coefficient (Wildman–Crippen LogP) is 0.467. The molecule has 1 unspecified atom stereocenters. The first kappa shape index (κ1) is 10.7. The van der Waals surface area contributed by atoms with E-state index < -0.39 is 5.38 Å². The van der Waals surface area contributed by atoms with Gasteiger partial charge in [0.25, 0.3) is 0 Å². The zero-order chi connectivity index (χ0) is 9.40. The molecule has 0 N–H and O–H groups in total. The lowest BCUT2D eigenvalue weighted by Crippen LogP contribution is -2.30. The van der Waals surface area contributed by atoms with Gasteiger partial charge in [-0.1, -0.05) is 0 Å². The lowest BCUT2D eigenvalue weighted by molar-refractivity contribution is 0.353. The molecule has 0 aliphatic heterocycles. The van der Waals surface area contributed by atoms with Crippen LogP contribution in [0.25, 0.3) is 0 Å². The van der Waals surface area contributed by atoms with Crippen molar-refractivity contribution in [1.29, 1.82) is 15.8 Å². The molecule has 0 amide bonds. The Bertz CT molecular complexity index is 228. The Morgan fingerprint density at radius 1 is 1.17 bits per heavy atom. The molecular formula is C7H7ClN4. The van der Waals surface area contributed by atoms with E-state index in [2.05, 4.69) is 0 Å². The van der Waals surface area contributed by atoms with Crippen molar-refractivity contribution in [2.45, 2.75) is 5.38 Å². The van der Waals surface area contributed by atoms with Crippen LogP contribution in [-0.2, 0) is 0 Å². The molecule has 0 aromatic heterocycles. The molecule has 0 saturated heterocycles. The van der Waals surface area contributed by atoms with E-state index in [0.29, 0.717) is 0 Å². The van der Waals surface area contributed by atoms with Gasteiger partial charge in [-0.2, -0.15) is 15.8 Å². The highest BCUT2D eigenvalue weighted by atomic mass is 35.5. The fourth-order valence-corrected chi connectivity index (χ4v) is 0.848. The van der Waals surface area contributed by atoms with Crippen LogP contribution in [0.3, 0.4) is 0 Å². The van der Waals surface area contributed by atoms with Gasteiger partial charge in [0, 0.05) is 6.54 Å². The Kier molecular flexibility index (Phi) is 5.75. The highest BCUT2D eigenvalue weighted by Gasteiger charge is 2.09. The van der Waals surface area contributed by atoms with Gasteiger partial charge in [-0.3, -0.25) is 4.90 Å². The zero-order valence-corrected chi connectivity index (χ0v) is 7.12. The average Bonchev–Trinajstić information content (AvgIpc) is 2.05. The van der Waals surface area contributed by atoms with Gasteiger partial charge in [-0.05, 0) is 0 Å². The normalized spacial score (nSPS) is 11.2. The fraction of sp³-hybridized carbons (Fsp3) is 0.571. The summed E-state index contributed by atoms with van der Waals surface area (Å²) < 4.78 is 0. The van der Waals surface area contributed by atoms with E-state index in [-0.39, 0.29) is 19.6 Å². The van der Waals surface area contributed by atoms with Crippen LogP contribution in [0, 0.1) is 34.0 Å². The third kappa shape index (κ3) is 4.52. The van der Waals surface area contributed by atoms with Crippen LogP contribution in [0.4, 0.5) is 0 Å². The maximum absolute atomic E-state index is 8.35. The van der Waals surface area contributed by atoms with E-state index in [1.54, 1.807) is 0 Å². The fourth-order valence-electron chi connectivity index (χ4n) is 0.653. The summed E-state index contributed by atoms with van der Waals surface area (Å²) in [7, 11) is 0. The highest BCUT2D eigenvalue weighted by Crippen LogP contribution is 1.97. The SMILES string of the molecule is N#CCN(CC#N)CC(Cl)C#N. The highest BCUT2D eigenvalue weighted by molar-refractivity contribution is 6.22. The summed E-state index contributed by atoms with van der Waals surface area (Å²) >= 11 is 5.51. The topological polar surface area (TPSA) is 74.6 Å². The minimum absolute atomic E-state index is 0.123. The van der Waals surface area contributed by atoms with Gasteiger partial charge in [0.05, 0.1) is 31.3 Å². The molecule has 0 rings (SSSR count). The number of nitriles is 3. The lowest BCUT2D eigenvalue weighted by Gasteiger charge is -2.14. The largest absolute Gasteiger partial charge is 0.275 e. The molecular weight excluding hydrogens is 176 g/mol. The molecule has 0 spiro atoms. The number of halogens is 1. The Labute approximate surface area is 76.2 Å². The third-order valence-electron chi connectivity index (χ3n) is 1.15. The number of rotatable bonds is 4. The van der Waals surface area contributed by atoms with Crippen LogP contribution < -0.4 is 0 Å². The van der Waals surface area contributed by atoms with Crippen LogP contribution >= 0.6 is 11.6 Å². The molecule has 4 nitrogen and oxygen atoms in total. The Morgan fingerprint density at radius 2 is 1.67 bits per heavy atom. The molecule has 0 fully saturated rings. The first-order valence-corrected chi connectivity index (χ1v) is 3.68. The maximum atomic E-state index is 8.35. The van der Waals surface area contributed by atoms with Gasteiger partial charge in [0.2, 0.25) is 0 Å². The van der Waals surface area contributed by atoms with E-state index in [1.165, 1.54) is 4.90 Å². The van der Waals surface area contributed by atoms with Crippen molar-refractivity contribution in [1.82, 2.24) is 4.90 Å². The van der Waals surface area contributed by atoms with Crippen molar-refractivity contribution in [2.75, 3.05) is 19.6 Å². The van der Waals surface area contributed by atoms with Gasteiger partial charge in [0.15, 0.2) is 0 Å². The van der Waals surface area contributed by atoms with Crippen molar-refractivity contribution in [2.24, 2.45) is 0 Å². The monoisotopic (exact) mass is 182 g/mol. The predicted molar refractivity (Wildman–Crippen MR) is 42.9 cm³/mol. The average molecular weight is 183 g/mol. The number of nitrogens with zero attached hydrogens (tertiary/aromatic N) is 4. The Balaban J connectivity index is 3.91. The molecule has 0 bridgehead atoms. The molecule has 1 atom stereocenters. The van der Waals surface area contributed by atoms with Gasteiger partial charge in [-0.25, -0.2) is 0 Å². The van der Waals surface area contributed by atoms with Crippen molar-refractivity contribution >= 4 is 11.6 Å². The minimum atomic E-state index is -0.660. The van der Waals surface area contributed by atoms with Gasteiger partial charge in [0.1, 0.15) is 5.38 Å². The summed E-state index contributed by atoms with van der Waals surface area (Å²) in [4.78, 5) is 1.51. The summed E-state index contributed by atoms with van der Waals surface area (Å²) in [5, 5.41) is 24.3. The van der Waals surface area contributed by atoms with E-state index in [4.69, 9.17) is 27.4 Å². The van der Waals surface area contributed by atoms with E-state index in [9.17, 15) is 0 Å². The second-order valence-corrected chi connectivity index (χ2v) is 2.61. The molecule has 0 saturated carbocycles. The molecule has 0 aliphatic carbocycles. The molecule has 0 aromatic rings. The van der Waals surface area contributed by atoms with Crippen molar-refractivity contribution in [3.8, 4) is 18.2 Å². The molecule has 5 heteroatoms. The zero-order valence-electron chi connectivity index (χ0n) is 6.37. The van der Waals surface area contributed by atoms with Crippen LogP contribution in [-0.4, -0.2) is 29.9 Å². The first-order valence-electron chi connectivity index (χ1n) is 3.24. The van der Waals surface area contributed by atoms with E-state index >= 15 is 0 Å². The van der Waals surface area contributed by atoms with Gasteiger partial charge in [-0.15, -0.1) is 11.6 Å². The smallest absolute Gasteiger partial charge is 0.133 e. The Morgan fingerprint density at radius 3 is 2.00 bits per heavy atom. The summed E-state index contributed by atoms with van der Waals surface area (Å²) in [6.07, 6.45) is 0. The maximum Gasteiger partial charge on any atom is 0.133 e. The quantitative estimate of drug-likeness (QED) is 0.468. The molecule has 62 valence electrons. The second kappa shape index (κ2) is 6.43. The van der Waals surface area contributed by atoms with Gasteiger partial charge < -0.3 is 0 Å². The van der Waals surface area contributed by atoms with Crippen molar-refractivity contribution in [3.63, 3.8) is 0 Å². The summed E-state index contributed by atoms with van der Waals surface area (Å²) in [5.41, 5.74) is 0. The van der Waals surface area contributed by atoms with Crippen molar-refractivity contribution < 1.29 is 0 Å². The van der Waals surface area contributed by atoms with Crippen LogP contribution in [0.15, 0.2) is 0 Å². The third-order valence-corrected chi connectivity index (χ3v) is 1.38. The molecule has 0 aliphatic rings. The van der Waals surface area contributed by atoms with Crippen molar-refractivity contribution in [3.05, 3.63) is 0 Å². The number of hydrogen-bond acceptors (Lipinski definition) is 4. The lowest BCUT2D eigenvalue weighted by atomic mass is 10.4. The van der Waals surface area contributed by atoms with Crippen LogP contribution in [0.2, 0.25) is 0 Å². The standard InChI is InChI=1S/C7H7ClN4/c8-7(5-11)6-12(3-1-9)4-2-10/h7H,3-4,6H2. The summed E-state index contributed by atoms with van der Waals surface area (Å²) in [6, 6.07) is 5.59. The van der Waals surface area contributed by atoms with Crippen LogP contribution in [0.5, 0.6) is 0 Å². The van der Waals surface area contributed by atoms with Gasteiger partial charge >= 0.3 is 0 Å². The minimum Gasteiger partial charge on any atom is -0.275 e. The van der Waals surface area contributed by atoms with E-state index in [1.807, 2.05) is 18.2 Å². The Hall–Kier alpha value is -1.28. The molecule has 12 heavy (non-hydrogen) atoms. The molecule has 0 heterocycles. The second-order valence-electron chi connectivity index (χ2n) is 2.08. The number of alkyl halides is 1. The molecule has 0 radical (unpaired) electrons. The summed E-state index contributed by atoms with van der Waals surface area (Å²) in [6.45, 7) is 0.496. The van der Waals surface area contributed by atoms with Crippen LogP contribution in [0.1, 0.15) is 0 Å². The molecule has 0 aromatic carbocycles. The van der Waals surface area contributed by atoms with E-state index in [0.717, 1.165) is 0 Å². The number of hydrogen-bond donors (Lipinski definition) is 0.